The molecule has 0 bridgehead atoms. The molecule has 1 radical (unpaired) electrons. The van der Waals surface area contributed by atoms with Gasteiger partial charge in [-0.05, 0) is 19.9 Å². The molecular formula is C8H14NO2Y-. The molecule has 0 unspecified atom stereocenters. The van der Waals surface area contributed by atoms with E-state index in [0.717, 1.165) is 19.4 Å². The van der Waals surface area contributed by atoms with E-state index in [-0.39, 0.29) is 50.8 Å². The topological polar surface area (TPSA) is 40.4 Å². The average Bonchev–Trinajstić information content (AvgIpc) is 2.35. The Hall–Kier alpha value is 0.534. The van der Waals surface area contributed by atoms with Crippen LogP contribution in [0.15, 0.2) is 0 Å². The molecule has 0 N–H and O–H groups in total. The Morgan fingerprint density at radius 3 is 2.67 bits per heavy atom. The molecule has 0 aromatic heterocycles. The first-order chi connectivity index (χ1) is 5.20. The number of nitrogens with zero attached hydrogens (tertiary/aromatic N) is 1. The Kier molecular flexibility index (Phi) is 6.33. The minimum atomic E-state index is -0.169. The van der Waals surface area contributed by atoms with Gasteiger partial charge in [-0.25, -0.2) is 0 Å². The van der Waals surface area contributed by atoms with Crippen molar-refractivity contribution in [3.05, 3.63) is 5.32 Å². The van der Waals surface area contributed by atoms with Crippen LogP contribution in [-0.4, -0.2) is 24.7 Å². The predicted octanol–water partition coefficient (Wildman–Crippen LogP) is 1.47. The molecule has 1 aliphatic rings. The van der Waals surface area contributed by atoms with Crippen LogP contribution in [0.1, 0.15) is 26.7 Å². The van der Waals surface area contributed by atoms with Crippen molar-refractivity contribution in [1.29, 1.82) is 0 Å². The third-order valence-corrected chi connectivity index (χ3v) is 1.61. The van der Waals surface area contributed by atoms with Gasteiger partial charge in [-0.2, -0.15) is 0 Å². The third kappa shape index (κ3) is 3.97. The van der Waals surface area contributed by atoms with Crippen LogP contribution in [0.5, 0.6) is 0 Å². The van der Waals surface area contributed by atoms with Gasteiger partial charge in [-0.15, -0.1) is 6.54 Å². The van der Waals surface area contributed by atoms with E-state index in [9.17, 15) is 4.79 Å². The van der Waals surface area contributed by atoms with Crippen molar-refractivity contribution in [2.45, 2.75) is 38.8 Å². The summed E-state index contributed by atoms with van der Waals surface area (Å²) in [4.78, 5) is 11.1. The molecule has 1 rings (SSSR count). The molecule has 0 saturated carbocycles. The molecule has 0 aromatic rings. The molecular weight excluding hydrogens is 231 g/mol. The standard InChI is InChI=1S/C8H14NO2.Y/c1-6(2)11-8(10)7-4-3-5-9-7;/h6-7H,3-5H2,1-2H3;/q-1;/t7-;/m0./s1. The molecule has 0 aromatic carbocycles. The van der Waals surface area contributed by atoms with Gasteiger partial charge in [0, 0.05) is 32.7 Å². The zero-order chi connectivity index (χ0) is 8.27. The second kappa shape index (κ2) is 6.06. The van der Waals surface area contributed by atoms with Crippen LogP contribution >= 0.6 is 0 Å². The van der Waals surface area contributed by atoms with Gasteiger partial charge in [0.05, 0.1) is 6.10 Å². The van der Waals surface area contributed by atoms with E-state index in [1.165, 1.54) is 0 Å². The molecule has 67 valence electrons. The Bertz CT molecular complexity index is 144. The normalized spacial score (nSPS) is 22.1. The van der Waals surface area contributed by atoms with Crippen molar-refractivity contribution < 1.29 is 42.2 Å². The fourth-order valence-corrected chi connectivity index (χ4v) is 1.13. The number of carbonyl (C=O) groups is 1. The van der Waals surface area contributed by atoms with E-state index < -0.39 is 0 Å². The van der Waals surface area contributed by atoms with E-state index in [1.807, 2.05) is 13.8 Å². The van der Waals surface area contributed by atoms with Gasteiger partial charge in [-0.3, -0.25) is 4.79 Å². The minimum absolute atomic E-state index is 0. The molecule has 12 heavy (non-hydrogen) atoms. The van der Waals surface area contributed by atoms with Gasteiger partial charge < -0.3 is 10.1 Å². The number of hydrogen-bond donors (Lipinski definition) is 0. The Morgan fingerprint density at radius 1 is 1.58 bits per heavy atom. The smallest absolute Gasteiger partial charge is 0.288 e. The summed E-state index contributed by atoms with van der Waals surface area (Å²) in [5.41, 5.74) is 0. The summed E-state index contributed by atoms with van der Waals surface area (Å²) in [6.45, 7) is 4.53. The van der Waals surface area contributed by atoms with E-state index in [1.54, 1.807) is 0 Å². The minimum Gasteiger partial charge on any atom is -0.650 e. The summed E-state index contributed by atoms with van der Waals surface area (Å²) in [5, 5.41) is 4.11. The van der Waals surface area contributed by atoms with Gasteiger partial charge in [0.2, 0.25) is 0 Å². The van der Waals surface area contributed by atoms with Crippen molar-refractivity contribution in [3.8, 4) is 0 Å². The van der Waals surface area contributed by atoms with Crippen LogP contribution in [0, 0.1) is 0 Å². The van der Waals surface area contributed by atoms with Crippen molar-refractivity contribution >= 4 is 5.97 Å². The summed E-state index contributed by atoms with van der Waals surface area (Å²) >= 11 is 0. The van der Waals surface area contributed by atoms with Crippen LogP contribution < -0.4 is 0 Å². The van der Waals surface area contributed by atoms with E-state index >= 15 is 0 Å². The molecule has 1 heterocycles. The summed E-state index contributed by atoms with van der Waals surface area (Å²) in [5.74, 6) is -0.155. The summed E-state index contributed by atoms with van der Waals surface area (Å²) in [7, 11) is 0. The van der Waals surface area contributed by atoms with Crippen LogP contribution in [-0.2, 0) is 42.2 Å². The van der Waals surface area contributed by atoms with Crippen molar-refractivity contribution in [1.82, 2.24) is 0 Å². The van der Waals surface area contributed by atoms with Gasteiger partial charge in [0.25, 0.3) is 5.97 Å². The Morgan fingerprint density at radius 2 is 2.25 bits per heavy atom. The van der Waals surface area contributed by atoms with Crippen molar-refractivity contribution in [2.24, 2.45) is 0 Å². The molecule has 3 nitrogen and oxygen atoms in total. The van der Waals surface area contributed by atoms with Crippen LogP contribution in [0.3, 0.4) is 0 Å². The fraction of sp³-hybridized carbons (Fsp3) is 0.875. The van der Waals surface area contributed by atoms with E-state index in [0.29, 0.717) is 0 Å². The zero-order valence-corrected chi connectivity index (χ0v) is 10.5. The van der Waals surface area contributed by atoms with E-state index in [2.05, 4.69) is 5.32 Å². The van der Waals surface area contributed by atoms with Crippen molar-refractivity contribution in [2.75, 3.05) is 6.54 Å². The molecule has 0 aliphatic carbocycles. The second-order valence-corrected chi connectivity index (χ2v) is 3.05. The largest absolute Gasteiger partial charge is 0.650 e. The van der Waals surface area contributed by atoms with Crippen molar-refractivity contribution in [3.63, 3.8) is 0 Å². The fourth-order valence-electron chi connectivity index (χ4n) is 1.13. The number of esters is 1. The van der Waals surface area contributed by atoms with Gasteiger partial charge in [0.15, 0.2) is 0 Å². The summed E-state index contributed by atoms with van der Waals surface area (Å²) in [6.07, 6.45) is 1.88. The number of rotatable bonds is 2. The van der Waals surface area contributed by atoms with Crippen LogP contribution in [0.2, 0.25) is 0 Å². The number of ether oxygens (including phenoxy) is 1. The first kappa shape index (κ1) is 12.5. The average molecular weight is 245 g/mol. The van der Waals surface area contributed by atoms with E-state index in [4.69, 9.17) is 4.74 Å². The first-order valence-electron chi connectivity index (χ1n) is 4.07. The molecule has 4 heteroatoms. The first-order valence-corrected chi connectivity index (χ1v) is 4.07. The monoisotopic (exact) mass is 245 g/mol. The van der Waals surface area contributed by atoms with Crippen LogP contribution in [0.25, 0.3) is 5.32 Å². The van der Waals surface area contributed by atoms with Gasteiger partial charge in [-0.1, -0.05) is 12.8 Å². The molecule has 1 aliphatic heterocycles. The summed E-state index contributed by atoms with van der Waals surface area (Å²) in [6, 6.07) is -0.169. The second-order valence-electron chi connectivity index (χ2n) is 3.05. The maximum absolute atomic E-state index is 11.1. The number of hydrogen-bond acceptors (Lipinski definition) is 2. The molecule has 1 saturated heterocycles. The Labute approximate surface area is 98.5 Å². The Balaban J connectivity index is 0.00000121. The zero-order valence-electron chi connectivity index (χ0n) is 7.62. The number of carbonyl (C=O) groups excluding carboxylic acids is 1. The quantitative estimate of drug-likeness (QED) is 0.691. The SMILES string of the molecule is CC(C)OC(=O)[C@@H]1CCC[N-]1.[Y]. The maximum Gasteiger partial charge on any atom is 0.288 e. The van der Waals surface area contributed by atoms with Gasteiger partial charge >= 0.3 is 0 Å². The molecule has 1 fully saturated rings. The molecule has 0 spiro atoms. The third-order valence-electron chi connectivity index (χ3n) is 1.61. The predicted molar refractivity (Wildman–Crippen MR) is 42.5 cm³/mol. The molecule has 0 amide bonds. The van der Waals surface area contributed by atoms with Gasteiger partial charge in [0.1, 0.15) is 0 Å². The van der Waals surface area contributed by atoms with Crippen LogP contribution in [0.4, 0.5) is 0 Å². The molecule has 1 atom stereocenters. The maximum atomic E-state index is 11.1. The summed E-state index contributed by atoms with van der Waals surface area (Å²) < 4.78 is 5.00.